The van der Waals surface area contributed by atoms with E-state index in [-0.39, 0.29) is 18.1 Å². The monoisotopic (exact) mass is 296 g/mol. The van der Waals surface area contributed by atoms with Gasteiger partial charge in [-0.05, 0) is 33.1 Å². The zero-order chi connectivity index (χ0) is 15.5. The summed E-state index contributed by atoms with van der Waals surface area (Å²) in [5.41, 5.74) is 5.52. The van der Waals surface area contributed by atoms with Gasteiger partial charge in [0.2, 0.25) is 11.8 Å². The Hall–Kier alpha value is -1.40. The molecule has 0 radical (unpaired) electrons. The molecular weight excluding hydrogens is 272 g/mol. The Labute approximate surface area is 125 Å². The molecule has 118 valence electrons. The second-order valence-corrected chi connectivity index (χ2v) is 6.04. The predicted octanol–water partition coefficient (Wildman–Crippen LogP) is 0.508. The fourth-order valence-corrected chi connectivity index (χ4v) is 2.40. The number of rotatable bonds is 6. The van der Waals surface area contributed by atoms with Gasteiger partial charge in [-0.1, -0.05) is 11.6 Å². The van der Waals surface area contributed by atoms with E-state index in [9.17, 15) is 9.59 Å². The van der Waals surface area contributed by atoms with E-state index < -0.39 is 11.3 Å². The molecule has 2 rings (SSSR count). The van der Waals surface area contributed by atoms with Gasteiger partial charge in [-0.15, -0.1) is 0 Å². The van der Waals surface area contributed by atoms with Crippen LogP contribution in [-0.4, -0.2) is 43.8 Å². The van der Waals surface area contributed by atoms with E-state index in [0.717, 1.165) is 0 Å². The Bertz CT molecular complexity index is 439. The minimum atomic E-state index is -0.983. The van der Waals surface area contributed by atoms with Crippen LogP contribution in [0.4, 0.5) is 0 Å². The van der Waals surface area contributed by atoms with Crippen molar-refractivity contribution in [2.75, 3.05) is 19.8 Å². The lowest BCUT2D eigenvalue weighted by Crippen LogP contribution is -2.53. The first-order chi connectivity index (χ1) is 9.95. The third-order valence-corrected chi connectivity index (χ3v) is 4.08. The van der Waals surface area contributed by atoms with Crippen molar-refractivity contribution >= 4 is 11.8 Å². The minimum Gasteiger partial charge on any atom is -0.379 e. The van der Waals surface area contributed by atoms with Gasteiger partial charge in [0, 0.05) is 6.61 Å². The molecule has 0 unspecified atom stereocenters. The van der Waals surface area contributed by atoms with Crippen LogP contribution in [0.15, 0.2) is 11.6 Å². The molecule has 6 heteroatoms. The van der Waals surface area contributed by atoms with Gasteiger partial charge in [0.05, 0.1) is 19.3 Å². The van der Waals surface area contributed by atoms with E-state index >= 15 is 0 Å². The highest BCUT2D eigenvalue weighted by Gasteiger charge is 2.56. The topological polar surface area (TPSA) is 90.7 Å². The summed E-state index contributed by atoms with van der Waals surface area (Å²) in [5.74, 6) is -0.799. The fraction of sp³-hybridized carbons (Fsp3) is 0.733. The Morgan fingerprint density at radius 1 is 1.43 bits per heavy atom. The number of hydrogen-bond donors (Lipinski definition) is 2. The molecule has 0 aromatic carbocycles. The first-order valence-electron chi connectivity index (χ1n) is 7.39. The summed E-state index contributed by atoms with van der Waals surface area (Å²) in [7, 11) is 0. The molecule has 0 bridgehead atoms. The number of carbonyl (C=O) groups excluding carboxylic acids is 2. The molecule has 21 heavy (non-hydrogen) atoms. The predicted molar refractivity (Wildman–Crippen MR) is 77.4 cm³/mol. The molecule has 0 aromatic heterocycles. The number of nitrogens with two attached hydrogens (primary N) is 1. The van der Waals surface area contributed by atoms with Crippen LogP contribution < -0.4 is 11.1 Å². The van der Waals surface area contributed by atoms with Gasteiger partial charge in [-0.25, -0.2) is 0 Å². The summed E-state index contributed by atoms with van der Waals surface area (Å²) in [6.45, 7) is 5.53. The van der Waals surface area contributed by atoms with Crippen molar-refractivity contribution in [3.05, 3.63) is 11.6 Å². The van der Waals surface area contributed by atoms with E-state index in [0.29, 0.717) is 39.1 Å². The number of hydrogen-bond acceptors (Lipinski definition) is 4. The molecule has 2 aliphatic rings. The molecule has 2 fully saturated rings. The summed E-state index contributed by atoms with van der Waals surface area (Å²) >= 11 is 0. The molecule has 1 saturated heterocycles. The number of nitrogens with one attached hydrogen (secondary N) is 1. The number of allylic oxidation sites excluding steroid dienone is 1. The molecule has 1 heterocycles. The maximum absolute atomic E-state index is 12.2. The summed E-state index contributed by atoms with van der Waals surface area (Å²) in [6.07, 6.45) is 3.56. The summed E-state index contributed by atoms with van der Waals surface area (Å²) < 4.78 is 11.2. The van der Waals surface area contributed by atoms with Crippen LogP contribution in [0.1, 0.15) is 33.1 Å². The molecule has 1 aliphatic heterocycles. The van der Waals surface area contributed by atoms with Crippen LogP contribution in [0.2, 0.25) is 0 Å². The lowest BCUT2D eigenvalue weighted by Gasteiger charge is -2.32. The number of amides is 2. The molecule has 3 N–H and O–H groups in total. The lowest BCUT2D eigenvalue weighted by molar-refractivity contribution is -0.138. The third-order valence-electron chi connectivity index (χ3n) is 4.08. The molecule has 0 aromatic rings. The highest BCUT2D eigenvalue weighted by Crippen LogP contribution is 2.45. The SMILES string of the molecule is CC(C)=CCO[C@@H]1COCC[C@H]1NC(=O)C1(C(N)=O)CC1. The number of ether oxygens (including phenoxy) is 2. The van der Waals surface area contributed by atoms with E-state index in [1.165, 1.54) is 5.57 Å². The second-order valence-electron chi connectivity index (χ2n) is 6.04. The number of primary amides is 1. The first kappa shape index (κ1) is 16.0. The van der Waals surface area contributed by atoms with Crippen LogP contribution >= 0.6 is 0 Å². The largest absolute Gasteiger partial charge is 0.379 e. The zero-order valence-electron chi connectivity index (χ0n) is 12.7. The average molecular weight is 296 g/mol. The van der Waals surface area contributed by atoms with Crippen LogP contribution in [-0.2, 0) is 19.1 Å². The normalized spacial score (nSPS) is 26.8. The summed E-state index contributed by atoms with van der Waals surface area (Å²) in [6, 6.07) is -0.131. The Morgan fingerprint density at radius 3 is 2.71 bits per heavy atom. The highest BCUT2D eigenvalue weighted by molar-refractivity contribution is 6.07. The van der Waals surface area contributed by atoms with Crippen LogP contribution in [0.3, 0.4) is 0 Å². The van der Waals surface area contributed by atoms with Crippen LogP contribution in [0, 0.1) is 5.41 Å². The number of carbonyl (C=O) groups is 2. The van der Waals surface area contributed by atoms with Crippen LogP contribution in [0.25, 0.3) is 0 Å². The summed E-state index contributed by atoms with van der Waals surface area (Å²) in [5, 5.41) is 2.93. The molecule has 1 saturated carbocycles. The van der Waals surface area contributed by atoms with Gasteiger partial charge in [0.25, 0.3) is 0 Å². The molecule has 2 amide bonds. The van der Waals surface area contributed by atoms with Gasteiger partial charge in [0.1, 0.15) is 11.5 Å². The Kier molecular flexibility index (Phi) is 5.00. The maximum atomic E-state index is 12.2. The van der Waals surface area contributed by atoms with Crippen molar-refractivity contribution in [2.45, 2.75) is 45.3 Å². The molecule has 6 nitrogen and oxygen atoms in total. The molecular formula is C15H24N2O4. The lowest BCUT2D eigenvalue weighted by atomic mass is 10.0. The van der Waals surface area contributed by atoms with E-state index in [1.807, 2.05) is 19.9 Å². The standard InChI is InChI=1S/C15H24N2O4/c1-10(2)3-8-21-12-9-20-7-4-11(12)17-14(19)15(5-6-15)13(16)18/h3,11-12H,4-9H2,1-2H3,(H2,16,18)(H,17,19)/t11-,12-/m1/s1. The van der Waals surface area contributed by atoms with Gasteiger partial charge in [0.15, 0.2) is 0 Å². The third kappa shape index (κ3) is 3.83. The zero-order valence-corrected chi connectivity index (χ0v) is 12.7. The average Bonchev–Trinajstić information content (AvgIpc) is 3.21. The van der Waals surface area contributed by atoms with E-state index in [2.05, 4.69) is 5.32 Å². The quantitative estimate of drug-likeness (QED) is 0.552. The van der Waals surface area contributed by atoms with Gasteiger partial charge >= 0.3 is 0 Å². The molecule has 1 aliphatic carbocycles. The van der Waals surface area contributed by atoms with Crippen molar-refractivity contribution in [3.8, 4) is 0 Å². The molecule has 0 spiro atoms. The van der Waals surface area contributed by atoms with E-state index in [4.69, 9.17) is 15.2 Å². The molecule has 2 atom stereocenters. The fourth-order valence-electron chi connectivity index (χ4n) is 2.40. The smallest absolute Gasteiger partial charge is 0.235 e. The van der Waals surface area contributed by atoms with Gasteiger partial charge < -0.3 is 20.5 Å². The highest BCUT2D eigenvalue weighted by atomic mass is 16.5. The maximum Gasteiger partial charge on any atom is 0.235 e. The van der Waals surface area contributed by atoms with Crippen molar-refractivity contribution < 1.29 is 19.1 Å². The Morgan fingerprint density at radius 2 is 2.14 bits per heavy atom. The van der Waals surface area contributed by atoms with Crippen LogP contribution in [0.5, 0.6) is 0 Å². The van der Waals surface area contributed by atoms with Crippen molar-refractivity contribution in [1.82, 2.24) is 5.32 Å². The first-order valence-corrected chi connectivity index (χ1v) is 7.39. The minimum absolute atomic E-state index is 0.131. The van der Waals surface area contributed by atoms with E-state index in [1.54, 1.807) is 0 Å². The van der Waals surface area contributed by atoms with Gasteiger partial charge in [-0.2, -0.15) is 0 Å². The Balaban J connectivity index is 1.91. The van der Waals surface area contributed by atoms with Crippen molar-refractivity contribution in [3.63, 3.8) is 0 Å². The summed E-state index contributed by atoms with van der Waals surface area (Å²) in [4.78, 5) is 23.6. The van der Waals surface area contributed by atoms with Crippen molar-refractivity contribution in [1.29, 1.82) is 0 Å². The van der Waals surface area contributed by atoms with Gasteiger partial charge in [-0.3, -0.25) is 9.59 Å². The second kappa shape index (κ2) is 6.58. The van der Waals surface area contributed by atoms with Crippen molar-refractivity contribution in [2.24, 2.45) is 11.1 Å².